The first-order valence-corrected chi connectivity index (χ1v) is 7.86. The molecule has 3 rings (SSSR count). The van der Waals surface area contributed by atoms with Crippen LogP contribution in [0.3, 0.4) is 0 Å². The molecule has 2 aromatic rings. The van der Waals surface area contributed by atoms with Gasteiger partial charge < -0.3 is 10.1 Å². The van der Waals surface area contributed by atoms with E-state index < -0.39 is 0 Å². The largest absolute Gasteiger partial charge is 0.484 e. The third-order valence-corrected chi connectivity index (χ3v) is 4.26. The zero-order valence-corrected chi connectivity index (χ0v) is 13.0. The molecule has 0 spiro atoms. The molecule has 3 nitrogen and oxygen atoms in total. The summed E-state index contributed by atoms with van der Waals surface area (Å²) in [5.41, 5.74) is 1.12. The van der Waals surface area contributed by atoms with Crippen molar-refractivity contribution in [1.82, 2.24) is 5.32 Å². The lowest BCUT2D eigenvalue weighted by Crippen LogP contribution is -2.34. The molecule has 23 heavy (non-hydrogen) atoms. The van der Waals surface area contributed by atoms with Gasteiger partial charge in [0.1, 0.15) is 11.6 Å². The van der Waals surface area contributed by atoms with E-state index in [0.717, 1.165) is 12.0 Å². The zero-order chi connectivity index (χ0) is 16.2. The number of carbonyl (C=O) groups excluding carboxylic acids is 1. The molecule has 120 valence electrons. The first-order chi connectivity index (χ1) is 11.1. The number of nitrogens with one attached hydrogen (secondary N) is 1. The minimum absolute atomic E-state index is 0.0236. The van der Waals surface area contributed by atoms with Gasteiger partial charge in [-0.2, -0.15) is 0 Å². The smallest absolute Gasteiger partial charge is 0.258 e. The van der Waals surface area contributed by atoms with Gasteiger partial charge in [0.15, 0.2) is 6.61 Å². The van der Waals surface area contributed by atoms with E-state index in [2.05, 4.69) is 12.2 Å². The van der Waals surface area contributed by atoms with Gasteiger partial charge in [-0.3, -0.25) is 4.79 Å². The standard InChI is InChI=1S/C19H20FNO2/c1-13-11-17(13)19(14-5-3-2-4-6-14)21-18(22)12-23-16-9-7-15(20)8-10-16/h2-10,13,17,19H,11-12H2,1H3,(H,21,22). The van der Waals surface area contributed by atoms with Crippen LogP contribution in [0.4, 0.5) is 4.39 Å². The number of benzene rings is 2. The third kappa shape index (κ3) is 4.09. The van der Waals surface area contributed by atoms with Crippen molar-refractivity contribution >= 4 is 5.91 Å². The molecule has 0 saturated heterocycles. The highest BCUT2D eigenvalue weighted by atomic mass is 19.1. The fraction of sp³-hybridized carbons (Fsp3) is 0.316. The van der Waals surface area contributed by atoms with E-state index in [9.17, 15) is 9.18 Å². The molecule has 2 aromatic carbocycles. The Morgan fingerprint density at radius 1 is 1.22 bits per heavy atom. The Bertz CT molecular complexity index is 657. The molecule has 1 fully saturated rings. The van der Waals surface area contributed by atoms with E-state index in [4.69, 9.17) is 4.74 Å². The Morgan fingerprint density at radius 3 is 2.48 bits per heavy atom. The number of halogens is 1. The van der Waals surface area contributed by atoms with Crippen molar-refractivity contribution in [1.29, 1.82) is 0 Å². The monoisotopic (exact) mass is 313 g/mol. The van der Waals surface area contributed by atoms with E-state index >= 15 is 0 Å². The van der Waals surface area contributed by atoms with Crippen LogP contribution in [0.5, 0.6) is 5.75 Å². The molecule has 0 radical (unpaired) electrons. The van der Waals surface area contributed by atoms with Gasteiger partial charge in [-0.1, -0.05) is 37.3 Å². The topological polar surface area (TPSA) is 38.3 Å². The lowest BCUT2D eigenvalue weighted by Gasteiger charge is -2.19. The Hall–Kier alpha value is -2.36. The highest BCUT2D eigenvalue weighted by Gasteiger charge is 2.40. The molecule has 0 aromatic heterocycles. The second-order valence-electron chi connectivity index (χ2n) is 6.08. The molecular formula is C19H20FNO2. The zero-order valence-electron chi connectivity index (χ0n) is 13.0. The molecule has 1 aliphatic carbocycles. The van der Waals surface area contributed by atoms with Crippen LogP contribution in [-0.4, -0.2) is 12.5 Å². The maximum atomic E-state index is 12.8. The fourth-order valence-electron chi connectivity index (χ4n) is 2.81. The van der Waals surface area contributed by atoms with E-state index in [0.29, 0.717) is 17.6 Å². The molecule has 3 atom stereocenters. The van der Waals surface area contributed by atoms with Crippen molar-refractivity contribution < 1.29 is 13.9 Å². The predicted molar refractivity (Wildman–Crippen MR) is 86.5 cm³/mol. The van der Waals surface area contributed by atoms with Crippen LogP contribution in [-0.2, 0) is 4.79 Å². The van der Waals surface area contributed by atoms with Crippen molar-refractivity contribution in [3.63, 3.8) is 0 Å². The van der Waals surface area contributed by atoms with Crippen LogP contribution in [0, 0.1) is 17.7 Å². The Labute approximate surface area is 135 Å². The average molecular weight is 313 g/mol. The molecule has 1 N–H and O–H groups in total. The summed E-state index contributed by atoms with van der Waals surface area (Å²) in [7, 11) is 0. The molecule has 4 heteroatoms. The SMILES string of the molecule is CC1CC1C(NC(=O)COc1ccc(F)cc1)c1ccccc1. The van der Waals surface area contributed by atoms with Crippen molar-refractivity contribution in [3.05, 3.63) is 66.0 Å². The summed E-state index contributed by atoms with van der Waals surface area (Å²) in [6.07, 6.45) is 1.12. The highest BCUT2D eigenvalue weighted by molar-refractivity contribution is 5.78. The van der Waals surface area contributed by atoms with Crippen molar-refractivity contribution in [2.75, 3.05) is 6.61 Å². The van der Waals surface area contributed by atoms with Crippen LogP contribution in [0.2, 0.25) is 0 Å². The van der Waals surface area contributed by atoms with Crippen LogP contribution < -0.4 is 10.1 Å². The summed E-state index contributed by atoms with van der Waals surface area (Å²) >= 11 is 0. The number of hydrogen-bond donors (Lipinski definition) is 1. The lowest BCUT2D eigenvalue weighted by atomic mass is 10.0. The van der Waals surface area contributed by atoms with Crippen LogP contribution in [0.1, 0.15) is 24.9 Å². The molecule has 1 amide bonds. The van der Waals surface area contributed by atoms with E-state index in [1.165, 1.54) is 24.3 Å². The van der Waals surface area contributed by atoms with Gasteiger partial charge in [0.25, 0.3) is 5.91 Å². The first-order valence-electron chi connectivity index (χ1n) is 7.86. The number of amides is 1. The van der Waals surface area contributed by atoms with Crippen molar-refractivity contribution in [3.8, 4) is 5.75 Å². The minimum Gasteiger partial charge on any atom is -0.484 e. The van der Waals surface area contributed by atoms with Gasteiger partial charge >= 0.3 is 0 Å². The maximum absolute atomic E-state index is 12.8. The predicted octanol–water partition coefficient (Wildman–Crippen LogP) is 3.72. The number of hydrogen-bond acceptors (Lipinski definition) is 2. The van der Waals surface area contributed by atoms with Gasteiger partial charge in [-0.25, -0.2) is 4.39 Å². The summed E-state index contributed by atoms with van der Waals surface area (Å²) in [6, 6.07) is 15.7. The summed E-state index contributed by atoms with van der Waals surface area (Å²) in [5.74, 6) is 1.10. The normalized spacial score (nSPS) is 20.6. The minimum atomic E-state index is -0.325. The molecule has 1 saturated carbocycles. The van der Waals surface area contributed by atoms with E-state index in [1.807, 2.05) is 30.3 Å². The second-order valence-corrected chi connectivity index (χ2v) is 6.08. The fourth-order valence-corrected chi connectivity index (χ4v) is 2.81. The van der Waals surface area contributed by atoms with Crippen LogP contribution in [0.15, 0.2) is 54.6 Å². The Kier molecular flexibility index (Phi) is 4.60. The quantitative estimate of drug-likeness (QED) is 0.882. The second kappa shape index (κ2) is 6.82. The summed E-state index contributed by atoms with van der Waals surface area (Å²) in [4.78, 5) is 12.2. The summed E-state index contributed by atoms with van der Waals surface area (Å²) < 4.78 is 18.3. The highest BCUT2D eigenvalue weighted by Crippen LogP contribution is 2.46. The van der Waals surface area contributed by atoms with Gasteiger partial charge in [0.05, 0.1) is 6.04 Å². The van der Waals surface area contributed by atoms with Crippen LogP contribution >= 0.6 is 0 Å². The first kappa shape index (κ1) is 15.5. The average Bonchev–Trinajstić information content (AvgIpc) is 3.29. The number of rotatable bonds is 6. The van der Waals surface area contributed by atoms with Gasteiger partial charge in [0.2, 0.25) is 0 Å². The molecule has 0 bridgehead atoms. The third-order valence-electron chi connectivity index (χ3n) is 4.26. The van der Waals surface area contributed by atoms with Crippen molar-refractivity contribution in [2.45, 2.75) is 19.4 Å². The van der Waals surface area contributed by atoms with Crippen molar-refractivity contribution in [2.24, 2.45) is 11.8 Å². The van der Waals surface area contributed by atoms with E-state index in [-0.39, 0.29) is 24.4 Å². The number of ether oxygens (including phenoxy) is 1. The summed E-state index contributed by atoms with van der Waals surface area (Å²) in [6.45, 7) is 2.12. The molecule has 0 aliphatic heterocycles. The molecular weight excluding hydrogens is 293 g/mol. The maximum Gasteiger partial charge on any atom is 0.258 e. The molecule has 0 heterocycles. The Balaban J connectivity index is 1.59. The lowest BCUT2D eigenvalue weighted by molar-refractivity contribution is -0.124. The Morgan fingerprint density at radius 2 is 1.87 bits per heavy atom. The van der Waals surface area contributed by atoms with Crippen LogP contribution in [0.25, 0.3) is 0 Å². The van der Waals surface area contributed by atoms with Gasteiger partial charge in [-0.05, 0) is 48.1 Å². The van der Waals surface area contributed by atoms with Gasteiger partial charge in [-0.15, -0.1) is 0 Å². The van der Waals surface area contributed by atoms with Gasteiger partial charge in [0, 0.05) is 0 Å². The molecule has 1 aliphatic rings. The van der Waals surface area contributed by atoms with E-state index in [1.54, 1.807) is 0 Å². The molecule has 3 unspecified atom stereocenters. The summed E-state index contributed by atoms with van der Waals surface area (Å²) in [5, 5.41) is 3.07. The number of carbonyl (C=O) groups is 1.